The Hall–Kier alpha value is -1.71. The van der Waals surface area contributed by atoms with E-state index in [0.29, 0.717) is 6.54 Å². The normalized spacial score (nSPS) is 20.4. The first-order valence-electron chi connectivity index (χ1n) is 9.22. The van der Waals surface area contributed by atoms with Crippen LogP contribution in [0.15, 0.2) is 29.3 Å². The van der Waals surface area contributed by atoms with Gasteiger partial charge in [-0.25, -0.2) is 4.99 Å². The van der Waals surface area contributed by atoms with Crippen LogP contribution in [-0.4, -0.2) is 37.0 Å². The number of nitrogens with zero attached hydrogens (tertiary/aromatic N) is 3. The minimum Gasteiger partial charge on any atom is -0.371 e. The van der Waals surface area contributed by atoms with Gasteiger partial charge in [0, 0.05) is 31.9 Å². The molecule has 2 fully saturated rings. The molecule has 0 aliphatic carbocycles. The monoisotopic (exact) mass is 314 g/mol. The lowest BCUT2D eigenvalue weighted by Gasteiger charge is -2.30. The minimum absolute atomic E-state index is 0.689. The molecule has 2 aliphatic rings. The smallest absolute Gasteiger partial charge is 0.191 e. The molecule has 0 spiro atoms. The maximum absolute atomic E-state index is 6.26. The molecular formula is C19H30N4. The van der Waals surface area contributed by atoms with E-state index in [4.69, 9.17) is 10.7 Å². The summed E-state index contributed by atoms with van der Waals surface area (Å²) in [5, 5.41) is 0. The van der Waals surface area contributed by atoms with E-state index in [1.165, 1.54) is 69.3 Å². The molecule has 2 heterocycles. The van der Waals surface area contributed by atoms with Crippen LogP contribution in [0.4, 0.5) is 5.69 Å². The van der Waals surface area contributed by atoms with Gasteiger partial charge in [-0.05, 0) is 43.7 Å². The number of hydrogen-bond acceptors (Lipinski definition) is 2. The predicted molar refractivity (Wildman–Crippen MR) is 97.9 cm³/mol. The zero-order chi connectivity index (χ0) is 15.9. The van der Waals surface area contributed by atoms with Crippen LogP contribution in [0.1, 0.15) is 50.5 Å². The van der Waals surface area contributed by atoms with E-state index in [-0.39, 0.29) is 0 Å². The maximum atomic E-state index is 6.26. The standard InChI is InChI=1S/C19H30N4/c20-19(23-14-6-1-2-7-15-23)21-16-17-10-4-5-11-18(17)22-12-8-3-9-13-22/h4-5,10-11H,1-3,6-9,12-16H2,(H2,20,21). The third-order valence-corrected chi connectivity index (χ3v) is 5.03. The number of guanidine groups is 1. The van der Waals surface area contributed by atoms with Gasteiger partial charge in [-0.1, -0.05) is 31.0 Å². The Kier molecular flexibility index (Phi) is 5.78. The highest BCUT2D eigenvalue weighted by Gasteiger charge is 2.15. The zero-order valence-corrected chi connectivity index (χ0v) is 14.2. The molecule has 126 valence electrons. The average molecular weight is 314 g/mol. The second kappa shape index (κ2) is 8.23. The molecule has 2 aliphatic heterocycles. The summed E-state index contributed by atoms with van der Waals surface area (Å²) in [5.74, 6) is 0.723. The van der Waals surface area contributed by atoms with Crippen molar-refractivity contribution in [3.8, 4) is 0 Å². The summed E-state index contributed by atoms with van der Waals surface area (Å²) in [6, 6.07) is 8.68. The van der Waals surface area contributed by atoms with Crippen LogP contribution in [-0.2, 0) is 6.54 Å². The van der Waals surface area contributed by atoms with Crippen LogP contribution < -0.4 is 10.6 Å². The Labute approximate surface area is 140 Å². The predicted octanol–water partition coefficient (Wildman–Crippen LogP) is 3.37. The van der Waals surface area contributed by atoms with Crippen LogP contribution in [0.3, 0.4) is 0 Å². The summed E-state index contributed by atoms with van der Waals surface area (Å²) in [4.78, 5) is 9.48. The van der Waals surface area contributed by atoms with Crippen LogP contribution in [0.25, 0.3) is 0 Å². The van der Waals surface area contributed by atoms with Gasteiger partial charge in [0.2, 0.25) is 0 Å². The minimum atomic E-state index is 0.689. The second-order valence-electron chi connectivity index (χ2n) is 6.75. The Morgan fingerprint density at radius 2 is 1.48 bits per heavy atom. The fourth-order valence-electron chi connectivity index (χ4n) is 3.65. The fraction of sp³-hybridized carbons (Fsp3) is 0.632. The van der Waals surface area contributed by atoms with E-state index in [1.807, 2.05) is 0 Å². The summed E-state index contributed by atoms with van der Waals surface area (Å²) in [6.45, 7) is 5.14. The van der Waals surface area contributed by atoms with Crippen molar-refractivity contribution >= 4 is 11.6 Å². The zero-order valence-electron chi connectivity index (χ0n) is 14.2. The molecule has 23 heavy (non-hydrogen) atoms. The third-order valence-electron chi connectivity index (χ3n) is 5.03. The van der Waals surface area contributed by atoms with Crippen molar-refractivity contribution in [2.75, 3.05) is 31.1 Å². The summed E-state index contributed by atoms with van der Waals surface area (Å²) >= 11 is 0. The number of benzene rings is 1. The van der Waals surface area contributed by atoms with E-state index >= 15 is 0 Å². The van der Waals surface area contributed by atoms with Gasteiger partial charge in [-0.2, -0.15) is 0 Å². The lowest BCUT2D eigenvalue weighted by molar-refractivity contribution is 0.428. The molecule has 0 unspecified atom stereocenters. The first-order valence-corrected chi connectivity index (χ1v) is 9.22. The number of aliphatic imine (C=N–C) groups is 1. The summed E-state index contributed by atoms with van der Waals surface area (Å²) in [7, 11) is 0. The van der Waals surface area contributed by atoms with Gasteiger partial charge >= 0.3 is 0 Å². The molecule has 0 atom stereocenters. The van der Waals surface area contributed by atoms with Crippen molar-refractivity contribution in [2.45, 2.75) is 51.5 Å². The number of anilines is 1. The molecule has 4 nitrogen and oxygen atoms in total. The molecular weight excluding hydrogens is 284 g/mol. The van der Waals surface area contributed by atoms with Crippen molar-refractivity contribution in [3.63, 3.8) is 0 Å². The van der Waals surface area contributed by atoms with Crippen molar-refractivity contribution in [2.24, 2.45) is 10.7 Å². The number of likely N-dealkylation sites (tertiary alicyclic amines) is 1. The number of rotatable bonds is 3. The van der Waals surface area contributed by atoms with Gasteiger partial charge in [0.15, 0.2) is 5.96 Å². The highest BCUT2D eigenvalue weighted by molar-refractivity contribution is 5.78. The van der Waals surface area contributed by atoms with Crippen molar-refractivity contribution < 1.29 is 0 Å². The number of piperidine rings is 1. The quantitative estimate of drug-likeness (QED) is 0.687. The van der Waals surface area contributed by atoms with Gasteiger partial charge in [0.25, 0.3) is 0 Å². The lowest BCUT2D eigenvalue weighted by Crippen LogP contribution is -2.38. The Morgan fingerprint density at radius 3 is 2.22 bits per heavy atom. The van der Waals surface area contributed by atoms with Gasteiger partial charge in [0.1, 0.15) is 0 Å². The average Bonchev–Trinajstić information content (AvgIpc) is 2.90. The molecule has 1 aromatic carbocycles. The molecule has 2 N–H and O–H groups in total. The molecule has 0 bridgehead atoms. The van der Waals surface area contributed by atoms with Crippen molar-refractivity contribution in [3.05, 3.63) is 29.8 Å². The number of para-hydroxylation sites is 1. The molecule has 0 aromatic heterocycles. The molecule has 4 heteroatoms. The van der Waals surface area contributed by atoms with Crippen molar-refractivity contribution in [1.82, 2.24) is 4.90 Å². The maximum Gasteiger partial charge on any atom is 0.191 e. The topological polar surface area (TPSA) is 44.9 Å². The van der Waals surface area contributed by atoms with E-state index in [2.05, 4.69) is 34.1 Å². The van der Waals surface area contributed by atoms with Crippen LogP contribution in [0, 0.1) is 0 Å². The number of hydrogen-bond donors (Lipinski definition) is 1. The highest BCUT2D eigenvalue weighted by Crippen LogP contribution is 2.24. The molecule has 0 amide bonds. The summed E-state index contributed by atoms with van der Waals surface area (Å²) in [6.07, 6.45) is 9.07. The number of nitrogens with two attached hydrogens (primary N) is 1. The van der Waals surface area contributed by atoms with Crippen LogP contribution >= 0.6 is 0 Å². The summed E-state index contributed by atoms with van der Waals surface area (Å²) < 4.78 is 0. The first-order chi connectivity index (χ1) is 11.3. The SMILES string of the molecule is NC(=NCc1ccccc1N1CCCCC1)N1CCCCCC1. The van der Waals surface area contributed by atoms with Gasteiger partial charge in [-0.3, -0.25) is 0 Å². The molecule has 0 radical (unpaired) electrons. The Balaban J connectivity index is 1.68. The van der Waals surface area contributed by atoms with Crippen LogP contribution in [0.5, 0.6) is 0 Å². The van der Waals surface area contributed by atoms with E-state index in [1.54, 1.807) is 0 Å². The van der Waals surface area contributed by atoms with Gasteiger partial charge < -0.3 is 15.5 Å². The third kappa shape index (κ3) is 4.40. The van der Waals surface area contributed by atoms with Crippen molar-refractivity contribution in [1.29, 1.82) is 0 Å². The molecule has 2 saturated heterocycles. The second-order valence-corrected chi connectivity index (χ2v) is 6.75. The lowest BCUT2D eigenvalue weighted by atomic mass is 10.1. The Bertz CT molecular complexity index is 512. The van der Waals surface area contributed by atoms with E-state index in [9.17, 15) is 0 Å². The van der Waals surface area contributed by atoms with Crippen LogP contribution in [0.2, 0.25) is 0 Å². The summed E-state index contributed by atoms with van der Waals surface area (Å²) in [5.41, 5.74) is 8.90. The highest BCUT2D eigenvalue weighted by atomic mass is 15.2. The van der Waals surface area contributed by atoms with E-state index < -0.39 is 0 Å². The molecule has 1 aromatic rings. The molecule has 0 saturated carbocycles. The van der Waals surface area contributed by atoms with Gasteiger partial charge in [-0.15, -0.1) is 0 Å². The fourth-order valence-corrected chi connectivity index (χ4v) is 3.65. The Morgan fingerprint density at radius 1 is 0.870 bits per heavy atom. The van der Waals surface area contributed by atoms with E-state index in [0.717, 1.165) is 19.0 Å². The molecule has 3 rings (SSSR count). The first kappa shape index (κ1) is 16.2. The largest absolute Gasteiger partial charge is 0.371 e. The van der Waals surface area contributed by atoms with Gasteiger partial charge in [0.05, 0.1) is 6.54 Å².